The third-order valence-corrected chi connectivity index (χ3v) is 3.06. The molecule has 21 heavy (non-hydrogen) atoms. The minimum atomic E-state index is -3.75. The van der Waals surface area contributed by atoms with Crippen LogP contribution in [0.5, 0.6) is 0 Å². The second-order valence-electron chi connectivity index (χ2n) is 4.82. The van der Waals surface area contributed by atoms with Gasteiger partial charge in [-0.25, -0.2) is 4.79 Å². The van der Waals surface area contributed by atoms with Crippen molar-refractivity contribution in [3.63, 3.8) is 0 Å². The fourth-order valence-corrected chi connectivity index (χ4v) is 1.92. The molecule has 6 heteroatoms. The van der Waals surface area contributed by atoms with Crippen molar-refractivity contribution in [2.75, 3.05) is 20.7 Å². The SMILES string of the molecule is CCOC(=O)C(F)(F)C(CC(=O)c1ccccc1)N(C)C. The van der Waals surface area contributed by atoms with Crippen LogP contribution in [0.15, 0.2) is 30.3 Å². The standard InChI is InChI=1S/C15H19F2NO3/c1-4-21-14(20)15(16,17)13(18(2)3)10-12(19)11-8-6-5-7-9-11/h5-9,13H,4,10H2,1-3H3. The summed E-state index contributed by atoms with van der Waals surface area (Å²) in [6.45, 7) is 1.31. The summed E-state index contributed by atoms with van der Waals surface area (Å²) < 4.78 is 32.7. The van der Waals surface area contributed by atoms with E-state index in [4.69, 9.17) is 0 Å². The molecule has 0 aromatic heterocycles. The summed E-state index contributed by atoms with van der Waals surface area (Å²) in [7, 11) is 2.80. The number of esters is 1. The third kappa shape index (κ3) is 4.32. The van der Waals surface area contributed by atoms with Crippen LogP contribution >= 0.6 is 0 Å². The number of hydrogen-bond acceptors (Lipinski definition) is 4. The largest absolute Gasteiger partial charge is 0.462 e. The highest BCUT2D eigenvalue weighted by Crippen LogP contribution is 2.27. The van der Waals surface area contributed by atoms with E-state index in [1.807, 2.05) is 0 Å². The number of ketones is 1. The molecule has 0 bridgehead atoms. The quantitative estimate of drug-likeness (QED) is 0.573. The molecule has 1 unspecified atom stereocenters. The lowest BCUT2D eigenvalue weighted by atomic mass is 9.98. The molecule has 0 aliphatic carbocycles. The Labute approximate surface area is 122 Å². The molecular formula is C15H19F2NO3. The van der Waals surface area contributed by atoms with E-state index in [0.717, 1.165) is 4.90 Å². The Kier molecular flexibility index (Phi) is 5.96. The van der Waals surface area contributed by atoms with Gasteiger partial charge >= 0.3 is 11.9 Å². The first-order chi connectivity index (χ1) is 9.80. The van der Waals surface area contributed by atoms with Gasteiger partial charge in [-0.05, 0) is 21.0 Å². The van der Waals surface area contributed by atoms with E-state index in [0.29, 0.717) is 5.56 Å². The molecular weight excluding hydrogens is 280 g/mol. The second-order valence-corrected chi connectivity index (χ2v) is 4.82. The molecule has 0 aliphatic rings. The van der Waals surface area contributed by atoms with Gasteiger partial charge in [0.15, 0.2) is 5.78 Å². The maximum Gasteiger partial charge on any atom is 0.378 e. The average Bonchev–Trinajstić information content (AvgIpc) is 2.45. The summed E-state index contributed by atoms with van der Waals surface area (Å²) in [4.78, 5) is 24.7. The number of ether oxygens (including phenoxy) is 1. The Morgan fingerprint density at radius 2 is 1.81 bits per heavy atom. The maximum atomic E-state index is 14.1. The Morgan fingerprint density at radius 3 is 2.29 bits per heavy atom. The van der Waals surface area contributed by atoms with Crippen molar-refractivity contribution >= 4 is 11.8 Å². The fraction of sp³-hybridized carbons (Fsp3) is 0.467. The van der Waals surface area contributed by atoms with E-state index < -0.39 is 30.1 Å². The van der Waals surface area contributed by atoms with Gasteiger partial charge in [0.1, 0.15) is 0 Å². The summed E-state index contributed by atoms with van der Waals surface area (Å²) >= 11 is 0. The first-order valence-corrected chi connectivity index (χ1v) is 6.60. The molecule has 1 aromatic carbocycles. The molecule has 0 radical (unpaired) electrons. The van der Waals surface area contributed by atoms with Gasteiger partial charge in [-0.1, -0.05) is 30.3 Å². The molecule has 4 nitrogen and oxygen atoms in total. The van der Waals surface area contributed by atoms with Crippen molar-refractivity contribution in [1.82, 2.24) is 4.90 Å². The van der Waals surface area contributed by atoms with Crippen LogP contribution in [0.2, 0.25) is 0 Å². The lowest BCUT2D eigenvalue weighted by Gasteiger charge is -2.29. The Bertz CT molecular complexity index is 489. The molecule has 0 saturated heterocycles. The smallest absolute Gasteiger partial charge is 0.378 e. The van der Waals surface area contributed by atoms with Crippen LogP contribution in [-0.4, -0.2) is 49.3 Å². The highest BCUT2D eigenvalue weighted by atomic mass is 19.3. The molecule has 116 valence electrons. The molecule has 1 rings (SSSR count). The molecule has 0 aliphatic heterocycles. The summed E-state index contributed by atoms with van der Waals surface area (Å²) in [5, 5.41) is 0. The number of rotatable bonds is 7. The highest BCUT2D eigenvalue weighted by molar-refractivity contribution is 5.97. The Morgan fingerprint density at radius 1 is 1.24 bits per heavy atom. The Balaban J connectivity index is 2.92. The zero-order valence-corrected chi connectivity index (χ0v) is 12.3. The van der Waals surface area contributed by atoms with Gasteiger partial charge < -0.3 is 4.74 Å². The van der Waals surface area contributed by atoms with E-state index in [2.05, 4.69) is 4.74 Å². The minimum absolute atomic E-state index is 0.138. The molecule has 0 amide bonds. The normalized spacial score (nSPS) is 13.0. The summed E-state index contributed by atoms with van der Waals surface area (Å²) in [5.41, 5.74) is 0.337. The Hall–Kier alpha value is -1.82. The number of alkyl halides is 2. The first-order valence-electron chi connectivity index (χ1n) is 6.60. The zero-order valence-electron chi connectivity index (χ0n) is 12.3. The van der Waals surface area contributed by atoms with Crippen LogP contribution in [0.1, 0.15) is 23.7 Å². The van der Waals surface area contributed by atoms with E-state index in [9.17, 15) is 18.4 Å². The van der Waals surface area contributed by atoms with Gasteiger partial charge in [-0.3, -0.25) is 9.69 Å². The van der Waals surface area contributed by atoms with E-state index in [-0.39, 0.29) is 6.61 Å². The van der Waals surface area contributed by atoms with Gasteiger partial charge in [-0.2, -0.15) is 8.78 Å². The van der Waals surface area contributed by atoms with Gasteiger partial charge in [0, 0.05) is 12.0 Å². The summed E-state index contributed by atoms with van der Waals surface area (Å²) in [6.07, 6.45) is -0.469. The van der Waals surface area contributed by atoms with Crippen LogP contribution in [0.25, 0.3) is 0 Å². The average molecular weight is 299 g/mol. The van der Waals surface area contributed by atoms with Crippen molar-refractivity contribution in [1.29, 1.82) is 0 Å². The van der Waals surface area contributed by atoms with Crippen molar-refractivity contribution in [2.24, 2.45) is 0 Å². The van der Waals surface area contributed by atoms with E-state index in [1.165, 1.54) is 21.0 Å². The van der Waals surface area contributed by atoms with E-state index in [1.54, 1.807) is 30.3 Å². The molecule has 0 N–H and O–H groups in total. The number of carbonyl (C=O) groups is 2. The van der Waals surface area contributed by atoms with Crippen molar-refractivity contribution in [3.05, 3.63) is 35.9 Å². The van der Waals surface area contributed by atoms with Crippen molar-refractivity contribution in [3.8, 4) is 0 Å². The first kappa shape index (κ1) is 17.2. The monoisotopic (exact) mass is 299 g/mol. The van der Waals surface area contributed by atoms with Gasteiger partial charge in [0.2, 0.25) is 0 Å². The van der Waals surface area contributed by atoms with E-state index >= 15 is 0 Å². The van der Waals surface area contributed by atoms with Crippen molar-refractivity contribution in [2.45, 2.75) is 25.3 Å². The van der Waals surface area contributed by atoms with Gasteiger partial charge in [0.25, 0.3) is 0 Å². The van der Waals surface area contributed by atoms with Crippen LogP contribution in [-0.2, 0) is 9.53 Å². The van der Waals surface area contributed by atoms with Crippen LogP contribution < -0.4 is 0 Å². The second kappa shape index (κ2) is 7.26. The number of benzene rings is 1. The highest BCUT2D eigenvalue weighted by Gasteiger charge is 2.50. The minimum Gasteiger partial charge on any atom is -0.462 e. The number of carbonyl (C=O) groups excluding carboxylic acids is 2. The number of halogens is 2. The molecule has 0 saturated carbocycles. The van der Waals surface area contributed by atoms with Crippen LogP contribution in [0, 0.1) is 0 Å². The topological polar surface area (TPSA) is 46.6 Å². The molecule has 1 aromatic rings. The number of hydrogen-bond donors (Lipinski definition) is 0. The predicted octanol–water partition coefficient (Wildman–Crippen LogP) is 2.39. The van der Waals surface area contributed by atoms with Crippen molar-refractivity contribution < 1.29 is 23.1 Å². The van der Waals surface area contributed by atoms with Gasteiger partial charge in [-0.15, -0.1) is 0 Å². The predicted molar refractivity (Wildman–Crippen MR) is 74.4 cm³/mol. The lowest BCUT2D eigenvalue weighted by molar-refractivity contribution is -0.180. The fourth-order valence-electron chi connectivity index (χ4n) is 1.92. The molecule has 0 fully saturated rings. The third-order valence-electron chi connectivity index (χ3n) is 3.06. The lowest BCUT2D eigenvalue weighted by Crippen LogP contribution is -2.51. The summed E-state index contributed by atoms with van der Waals surface area (Å²) in [6, 6.07) is 6.59. The summed E-state index contributed by atoms with van der Waals surface area (Å²) in [5.74, 6) is -5.80. The van der Waals surface area contributed by atoms with Gasteiger partial charge in [0.05, 0.1) is 12.6 Å². The molecule has 0 spiro atoms. The number of nitrogens with zero attached hydrogens (tertiary/aromatic N) is 1. The van der Waals surface area contributed by atoms with Crippen LogP contribution in [0.4, 0.5) is 8.78 Å². The molecule has 0 heterocycles. The zero-order chi connectivity index (χ0) is 16.0. The molecule has 1 atom stereocenters. The van der Waals surface area contributed by atoms with Crippen LogP contribution in [0.3, 0.4) is 0 Å². The maximum absolute atomic E-state index is 14.1. The number of Topliss-reactive ketones (excluding diaryl/α,β-unsaturated/α-hetero) is 1.